The molecule has 2 atom stereocenters. The van der Waals surface area contributed by atoms with Crippen molar-refractivity contribution >= 4 is 23.8 Å². The van der Waals surface area contributed by atoms with E-state index in [9.17, 15) is 4.79 Å². The van der Waals surface area contributed by atoms with E-state index in [2.05, 4.69) is 53.7 Å². The number of ether oxygens (including phenoxy) is 1. The van der Waals surface area contributed by atoms with Crippen molar-refractivity contribution in [3.05, 3.63) is 52.8 Å². The topological polar surface area (TPSA) is 77.1 Å². The molecule has 0 radical (unpaired) electrons. The lowest BCUT2D eigenvalue weighted by molar-refractivity contribution is 0.0223. The van der Waals surface area contributed by atoms with Gasteiger partial charge in [-0.1, -0.05) is 6.07 Å². The van der Waals surface area contributed by atoms with Crippen molar-refractivity contribution in [1.82, 2.24) is 24.8 Å². The fourth-order valence-electron chi connectivity index (χ4n) is 6.04. The third kappa shape index (κ3) is 5.66. The number of aryl methyl sites for hydroxylation is 1. The number of H-pyrrole nitrogens is 1. The smallest absolute Gasteiger partial charge is 0.410 e. The van der Waals surface area contributed by atoms with Gasteiger partial charge < -0.3 is 14.6 Å². The van der Waals surface area contributed by atoms with E-state index in [1.807, 2.05) is 50.1 Å². The predicted molar refractivity (Wildman–Crippen MR) is 157 cm³/mol. The minimum absolute atomic E-state index is 0.00740. The van der Waals surface area contributed by atoms with Crippen LogP contribution < -0.4 is 0 Å². The van der Waals surface area contributed by atoms with E-state index < -0.39 is 5.60 Å². The molecule has 2 aliphatic heterocycles. The summed E-state index contributed by atoms with van der Waals surface area (Å²) < 4.78 is 5.84. The fraction of sp³-hybridized carbons (Fsp3) is 0.516. The van der Waals surface area contributed by atoms with E-state index in [1.165, 1.54) is 22.3 Å². The maximum Gasteiger partial charge on any atom is 0.410 e. The van der Waals surface area contributed by atoms with Crippen molar-refractivity contribution in [3.63, 3.8) is 0 Å². The van der Waals surface area contributed by atoms with Crippen molar-refractivity contribution in [1.29, 1.82) is 0 Å². The predicted octanol–water partition coefficient (Wildman–Crippen LogP) is 5.90. The molecule has 3 aromatic rings. The molecule has 5 rings (SSSR count). The summed E-state index contributed by atoms with van der Waals surface area (Å²) in [6, 6.07) is 7.20. The second kappa shape index (κ2) is 10.6. The molecule has 1 fully saturated rings. The van der Waals surface area contributed by atoms with Crippen molar-refractivity contribution < 1.29 is 9.53 Å². The molecule has 0 aliphatic carbocycles. The highest BCUT2D eigenvalue weighted by Crippen LogP contribution is 2.40. The van der Waals surface area contributed by atoms with Crippen LogP contribution in [0, 0.1) is 6.92 Å². The van der Waals surface area contributed by atoms with Crippen molar-refractivity contribution in [3.8, 4) is 11.1 Å². The average Bonchev–Trinajstić information content (AvgIpc) is 3.53. The number of pyridine rings is 1. The first-order valence-electron chi connectivity index (χ1n) is 14.1. The van der Waals surface area contributed by atoms with Crippen molar-refractivity contribution in [2.45, 2.75) is 78.1 Å². The Morgan fingerprint density at radius 1 is 1.28 bits per heavy atom. The first kappa shape index (κ1) is 27.2. The van der Waals surface area contributed by atoms with Gasteiger partial charge in [-0.05, 0) is 93.8 Å². The van der Waals surface area contributed by atoms with E-state index in [1.54, 1.807) is 0 Å². The van der Waals surface area contributed by atoms with Crippen LogP contribution in [0.25, 0.3) is 22.2 Å². The number of likely N-dealkylation sites (N-methyl/N-ethyl adjacent to an activating group) is 1. The molecule has 1 unspecified atom stereocenters. The molecule has 0 bridgehead atoms. The highest BCUT2D eigenvalue weighted by Gasteiger charge is 2.36. The zero-order valence-electron chi connectivity index (χ0n) is 24.3. The van der Waals surface area contributed by atoms with E-state index in [4.69, 9.17) is 9.72 Å². The van der Waals surface area contributed by atoms with Gasteiger partial charge in [-0.25, -0.2) is 9.78 Å². The Bertz CT molecular complexity index is 1370. The number of nitrogens with zero attached hydrogens (tertiary/aromatic N) is 5. The third-order valence-electron chi connectivity index (χ3n) is 8.11. The van der Waals surface area contributed by atoms with Gasteiger partial charge in [0, 0.05) is 62.8 Å². The minimum atomic E-state index is -0.529. The summed E-state index contributed by atoms with van der Waals surface area (Å²) in [5.74, 6) is 0. The SMILES string of the molecule is C=NN(C)CC(C)N1CCc2cc(-c3cnc4[nH]cc(C)c4c3)cc([C@@H]3CCCN3C(=O)OC(C)(C)C)c2C1. The maximum absolute atomic E-state index is 13.3. The lowest BCUT2D eigenvalue weighted by atomic mass is 9.86. The number of nitrogens with one attached hydrogen (secondary N) is 1. The molecule has 1 amide bonds. The van der Waals surface area contributed by atoms with Crippen LogP contribution in [0.15, 0.2) is 35.7 Å². The second-order valence-corrected chi connectivity index (χ2v) is 12.2. The Hall–Kier alpha value is -3.39. The fourth-order valence-corrected chi connectivity index (χ4v) is 6.04. The summed E-state index contributed by atoms with van der Waals surface area (Å²) in [5, 5.41) is 7.11. The zero-order chi connectivity index (χ0) is 27.9. The van der Waals surface area contributed by atoms with Gasteiger partial charge in [0.2, 0.25) is 0 Å². The molecule has 1 N–H and O–H groups in total. The Labute approximate surface area is 232 Å². The number of carbonyl (C=O) groups excluding carboxylic acids is 1. The standard InChI is InChI=1S/C31H42N6O2/c1-20-16-33-29-25(20)15-24(17-34-29)23-13-22-10-12-36(21(2)18-35(7)32-6)19-27(22)26(14-23)28-9-8-11-37(28)30(38)39-31(3,4)5/h13-17,21,28H,6,8-12,18-19H2,1-5,7H3,(H,33,34)/t21?,28-/m0/s1. The quantitative estimate of drug-likeness (QED) is 0.317. The summed E-state index contributed by atoms with van der Waals surface area (Å²) in [7, 11) is 1.97. The highest BCUT2D eigenvalue weighted by atomic mass is 16.6. The van der Waals surface area contributed by atoms with Crippen LogP contribution in [0.1, 0.15) is 68.8 Å². The van der Waals surface area contributed by atoms with E-state index in [0.717, 1.165) is 61.1 Å². The van der Waals surface area contributed by atoms with E-state index >= 15 is 0 Å². The summed E-state index contributed by atoms with van der Waals surface area (Å²) in [4.78, 5) is 25.7. The van der Waals surface area contributed by atoms with Gasteiger partial charge in [0.1, 0.15) is 11.2 Å². The van der Waals surface area contributed by atoms with E-state index in [0.29, 0.717) is 12.6 Å². The molecule has 4 heterocycles. The summed E-state index contributed by atoms with van der Waals surface area (Å²) in [6.07, 6.45) is 6.60. The number of rotatable bonds is 6. The zero-order valence-corrected chi connectivity index (χ0v) is 24.3. The molecule has 0 saturated carbocycles. The van der Waals surface area contributed by atoms with Gasteiger partial charge in [-0.2, -0.15) is 5.10 Å². The van der Waals surface area contributed by atoms with Gasteiger partial charge in [-0.3, -0.25) is 9.91 Å². The Morgan fingerprint density at radius 2 is 2.08 bits per heavy atom. The summed E-state index contributed by atoms with van der Waals surface area (Å²) in [6.45, 7) is 17.2. The van der Waals surface area contributed by atoms with Crippen molar-refractivity contribution in [2.24, 2.45) is 5.10 Å². The number of amides is 1. The Kier molecular flexibility index (Phi) is 7.42. The lowest BCUT2D eigenvalue weighted by Gasteiger charge is -2.38. The number of hydrogen-bond donors (Lipinski definition) is 1. The van der Waals surface area contributed by atoms with E-state index in [-0.39, 0.29) is 12.1 Å². The Balaban J connectivity index is 1.56. The molecular weight excluding hydrogens is 488 g/mol. The normalized spacial score (nSPS) is 18.7. The number of hydrogen-bond acceptors (Lipinski definition) is 6. The van der Waals surface area contributed by atoms with Crippen LogP contribution in [-0.2, 0) is 17.7 Å². The van der Waals surface area contributed by atoms with Crippen LogP contribution in [0.4, 0.5) is 4.79 Å². The van der Waals surface area contributed by atoms with Crippen molar-refractivity contribution in [2.75, 3.05) is 26.7 Å². The number of aromatic amines is 1. The minimum Gasteiger partial charge on any atom is -0.444 e. The lowest BCUT2D eigenvalue weighted by Crippen LogP contribution is -2.43. The van der Waals surface area contributed by atoms with Crippen LogP contribution >= 0.6 is 0 Å². The third-order valence-corrected chi connectivity index (χ3v) is 8.11. The number of fused-ring (bicyclic) bond motifs is 2. The second-order valence-electron chi connectivity index (χ2n) is 12.2. The van der Waals surface area contributed by atoms with Crippen LogP contribution in [0.5, 0.6) is 0 Å². The molecule has 208 valence electrons. The van der Waals surface area contributed by atoms with Crippen LogP contribution in [0.2, 0.25) is 0 Å². The summed E-state index contributed by atoms with van der Waals surface area (Å²) in [5.41, 5.74) is 7.78. The molecule has 39 heavy (non-hydrogen) atoms. The number of hydrazone groups is 1. The van der Waals surface area contributed by atoms with Gasteiger partial charge in [0.05, 0.1) is 12.6 Å². The average molecular weight is 531 g/mol. The molecule has 0 spiro atoms. The number of benzene rings is 1. The van der Waals surface area contributed by atoms with Gasteiger partial charge in [0.25, 0.3) is 0 Å². The molecular formula is C31H42N6O2. The molecule has 8 nitrogen and oxygen atoms in total. The molecule has 8 heteroatoms. The monoisotopic (exact) mass is 530 g/mol. The molecule has 1 saturated heterocycles. The first-order chi connectivity index (χ1) is 18.5. The van der Waals surface area contributed by atoms with Gasteiger partial charge in [-0.15, -0.1) is 0 Å². The number of carbonyl (C=O) groups is 1. The first-order valence-corrected chi connectivity index (χ1v) is 14.1. The molecule has 2 aliphatic rings. The number of likely N-dealkylation sites (tertiary alicyclic amines) is 1. The van der Waals surface area contributed by atoms with Crippen LogP contribution in [0.3, 0.4) is 0 Å². The largest absolute Gasteiger partial charge is 0.444 e. The summed E-state index contributed by atoms with van der Waals surface area (Å²) >= 11 is 0. The van der Waals surface area contributed by atoms with Gasteiger partial charge >= 0.3 is 6.09 Å². The Morgan fingerprint density at radius 3 is 2.82 bits per heavy atom. The number of aromatic nitrogens is 2. The highest BCUT2D eigenvalue weighted by molar-refractivity contribution is 5.84. The van der Waals surface area contributed by atoms with Crippen LogP contribution in [-0.4, -0.2) is 75.9 Å². The molecule has 2 aromatic heterocycles. The molecule has 1 aromatic carbocycles. The van der Waals surface area contributed by atoms with Gasteiger partial charge in [0.15, 0.2) is 0 Å². The maximum atomic E-state index is 13.3.